The monoisotopic (exact) mass is 281 g/mol. The normalized spacial score (nSPS) is 20.6. The number of nitrogens with zero attached hydrogens (tertiary/aromatic N) is 2. The molecule has 2 N–H and O–H groups in total. The minimum atomic E-state index is -0.390. The number of carbonyl (C=O) groups is 3. The van der Waals surface area contributed by atoms with E-state index >= 15 is 0 Å². The second-order valence-corrected chi connectivity index (χ2v) is 5.73. The number of amides is 2. The molecule has 0 atom stereocenters. The average molecular weight is 281 g/mol. The minimum absolute atomic E-state index is 0.00523. The van der Waals surface area contributed by atoms with Gasteiger partial charge in [0.05, 0.1) is 13.1 Å². The van der Waals surface area contributed by atoms with Crippen LogP contribution < -0.4 is 5.73 Å². The minimum Gasteiger partial charge on any atom is -0.369 e. The third-order valence-electron chi connectivity index (χ3n) is 4.21. The van der Waals surface area contributed by atoms with Crippen molar-refractivity contribution in [2.24, 2.45) is 5.73 Å². The number of piperidine rings is 1. The first-order valence-electron chi connectivity index (χ1n) is 7.38. The first kappa shape index (κ1) is 15.0. The number of Topliss-reactive ketones (excluding diaryl/α,β-unsaturated/α-hetero) is 1. The summed E-state index contributed by atoms with van der Waals surface area (Å²) in [4.78, 5) is 38.3. The average Bonchev–Trinajstić information content (AvgIpc) is 2.92. The number of ketones is 1. The Morgan fingerprint density at radius 1 is 1.15 bits per heavy atom. The number of nitrogens with two attached hydrogens (primary N) is 1. The van der Waals surface area contributed by atoms with Crippen LogP contribution in [0, 0.1) is 0 Å². The molecule has 2 aliphatic rings. The van der Waals surface area contributed by atoms with Crippen molar-refractivity contribution in [3.8, 4) is 0 Å². The highest BCUT2D eigenvalue weighted by atomic mass is 16.2. The van der Waals surface area contributed by atoms with Crippen molar-refractivity contribution in [3.63, 3.8) is 0 Å². The molecule has 0 spiro atoms. The summed E-state index contributed by atoms with van der Waals surface area (Å²) in [5, 5.41) is 0. The van der Waals surface area contributed by atoms with Crippen LogP contribution in [0.1, 0.15) is 38.5 Å². The van der Waals surface area contributed by atoms with E-state index in [1.165, 1.54) is 0 Å². The Labute approximate surface area is 119 Å². The van der Waals surface area contributed by atoms with Gasteiger partial charge in [-0.25, -0.2) is 0 Å². The molecule has 1 aliphatic carbocycles. The summed E-state index contributed by atoms with van der Waals surface area (Å²) in [5.41, 5.74) is 5.28. The Bertz CT molecular complexity index is 381. The topological polar surface area (TPSA) is 83.7 Å². The predicted octanol–water partition coefficient (Wildman–Crippen LogP) is -0.0922. The van der Waals surface area contributed by atoms with E-state index in [4.69, 9.17) is 5.73 Å². The molecule has 1 heterocycles. The van der Waals surface area contributed by atoms with Crippen LogP contribution in [-0.2, 0) is 14.4 Å². The van der Waals surface area contributed by atoms with Crippen molar-refractivity contribution >= 4 is 17.6 Å². The van der Waals surface area contributed by atoms with E-state index in [0.717, 1.165) is 25.7 Å². The lowest BCUT2D eigenvalue weighted by atomic mass is 10.1. The summed E-state index contributed by atoms with van der Waals surface area (Å²) in [7, 11) is 0. The summed E-state index contributed by atoms with van der Waals surface area (Å²) >= 11 is 0. The number of carbonyl (C=O) groups excluding carboxylic acids is 3. The van der Waals surface area contributed by atoms with E-state index in [9.17, 15) is 14.4 Å². The van der Waals surface area contributed by atoms with Gasteiger partial charge in [0.15, 0.2) is 0 Å². The summed E-state index contributed by atoms with van der Waals surface area (Å²) in [5.74, 6) is -0.164. The fourth-order valence-corrected chi connectivity index (χ4v) is 3.06. The van der Waals surface area contributed by atoms with Crippen LogP contribution in [-0.4, -0.2) is 59.6 Å². The van der Waals surface area contributed by atoms with Gasteiger partial charge in [0.2, 0.25) is 11.8 Å². The lowest BCUT2D eigenvalue weighted by molar-refractivity contribution is -0.136. The molecule has 0 bridgehead atoms. The van der Waals surface area contributed by atoms with Gasteiger partial charge in [0.25, 0.3) is 0 Å². The van der Waals surface area contributed by atoms with E-state index in [2.05, 4.69) is 0 Å². The van der Waals surface area contributed by atoms with Crippen LogP contribution in [0.2, 0.25) is 0 Å². The molecule has 0 aromatic heterocycles. The maximum absolute atomic E-state index is 12.3. The largest absolute Gasteiger partial charge is 0.369 e. The third kappa shape index (κ3) is 4.03. The fraction of sp³-hybridized carbons (Fsp3) is 0.786. The predicted molar refractivity (Wildman–Crippen MR) is 73.8 cm³/mol. The molecule has 0 aromatic carbocycles. The number of rotatable bonds is 5. The van der Waals surface area contributed by atoms with Gasteiger partial charge in [-0.15, -0.1) is 0 Å². The Hall–Kier alpha value is -1.43. The molecular formula is C14H23N3O3. The molecule has 2 fully saturated rings. The van der Waals surface area contributed by atoms with Gasteiger partial charge in [0, 0.05) is 32.0 Å². The lowest BCUT2D eigenvalue weighted by Gasteiger charge is -2.31. The standard InChI is InChI=1S/C14H23N3O3/c15-13(19)9-17(11-3-1-2-4-11)10-14(20)16-7-5-12(18)6-8-16/h11H,1-10H2,(H2,15,19). The number of hydrogen-bond donors (Lipinski definition) is 1. The molecule has 6 nitrogen and oxygen atoms in total. The highest BCUT2D eigenvalue weighted by Crippen LogP contribution is 2.23. The fourth-order valence-electron chi connectivity index (χ4n) is 3.06. The molecule has 1 aliphatic heterocycles. The van der Waals surface area contributed by atoms with Crippen molar-refractivity contribution in [1.29, 1.82) is 0 Å². The van der Waals surface area contributed by atoms with Gasteiger partial charge < -0.3 is 10.6 Å². The first-order valence-corrected chi connectivity index (χ1v) is 7.38. The molecule has 2 amide bonds. The molecular weight excluding hydrogens is 258 g/mol. The highest BCUT2D eigenvalue weighted by molar-refractivity contribution is 5.84. The van der Waals surface area contributed by atoms with E-state index < -0.39 is 5.91 Å². The maximum Gasteiger partial charge on any atom is 0.236 e. The Morgan fingerprint density at radius 2 is 1.75 bits per heavy atom. The first-order chi connectivity index (χ1) is 9.56. The van der Waals surface area contributed by atoms with Crippen LogP contribution in [0.15, 0.2) is 0 Å². The van der Waals surface area contributed by atoms with Gasteiger partial charge in [-0.1, -0.05) is 12.8 Å². The van der Waals surface area contributed by atoms with Crippen molar-refractivity contribution < 1.29 is 14.4 Å². The van der Waals surface area contributed by atoms with Crippen LogP contribution in [0.25, 0.3) is 0 Å². The number of likely N-dealkylation sites (tertiary alicyclic amines) is 1. The van der Waals surface area contributed by atoms with E-state index in [1.54, 1.807) is 4.90 Å². The van der Waals surface area contributed by atoms with Crippen LogP contribution >= 0.6 is 0 Å². The Kier molecular flexibility index (Phi) is 5.11. The molecule has 6 heteroatoms. The smallest absolute Gasteiger partial charge is 0.236 e. The summed E-state index contributed by atoms with van der Waals surface area (Å²) in [6, 6.07) is 0.290. The van der Waals surface area contributed by atoms with Crippen LogP contribution in [0.3, 0.4) is 0 Å². The Balaban J connectivity index is 1.90. The zero-order chi connectivity index (χ0) is 14.5. The molecule has 2 rings (SSSR count). The molecule has 20 heavy (non-hydrogen) atoms. The number of primary amides is 1. The molecule has 0 aromatic rings. The molecule has 0 radical (unpaired) electrons. The second-order valence-electron chi connectivity index (χ2n) is 5.73. The SMILES string of the molecule is NC(=O)CN(CC(=O)N1CCC(=O)CC1)C1CCCC1. The molecule has 1 saturated carbocycles. The van der Waals surface area contributed by atoms with Crippen LogP contribution in [0.4, 0.5) is 0 Å². The van der Waals surface area contributed by atoms with Gasteiger partial charge in [-0.05, 0) is 12.8 Å². The number of hydrogen-bond acceptors (Lipinski definition) is 4. The van der Waals surface area contributed by atoms with E-state index in [-0.39, 0.29) is 30.8 Å². The quantitative estimate of drug-likeness (QED) is 0.763. The van der Waals surface area contributed by atoms with Gasteiger partial charge >= 0.3 is 0 Å². The zero-order valence-electron chi connectivity index (χ0n) is 11.8. The van der Waals surface area contributed by atoms with Gasteiger partial charge in [-0.3, -0.25) is 19.3 Å². The highest BCUT2D eigenvalue weighted by Gasteiger charge is 2.28. The van der Waals surface area contributed by atoms with E-state index in [1.807, 2.05) is 4.90 Å². The summed E-state index contributed by atoms with van der Waals surface area (Å²) in [6.07, 6.45) is 5.24. The van der Waals surface area contributed by atoms with Crippen molar-refractivity contribution in [2.45, 2.75) is 44.6 Å². The third-order valence-corrected chi connectivity index (χ3v) is 4.21. The molecule has 0 unspecified atom stereocenters. The maximum atomic E-state index is 12.3. The van der Waals surface area contributed by atoms with E-state index in [0.29, 0.717) is 25.9 Å². The van der Waals surface area contributed by atoms with Gasteiger partial charge in [0.1, 0.15) is 5.78 Å². The van der Waals surface area contributed by atoms with Crippen molar-refractivity contribution in [3.05, 3.63) is 0 Å². The second kappa shape index (κ2) is 6.83. The summed E-state index contributed by atoms with van der Waals surface area (Å²) in [6.45, 7) is 1.39. The zero-order valence-corrected chi connectivity index (χ0v) is 11.8. The Morgan fingerprint density at radius 3 is 2.30 bits per heavy atom. The molecule has 1 saturated heterocycles. The van der Waals surface area contributed by atoms with Crippen molar-refractivity contribution in [1.82, 2.24) is 9.80 Å². The summed E-state index contributed by atoms with van der Waals surface area (Å²) < 4.78 is 0. The van der Waals surface area contributed by atoms with Crippen molar-refractivity contribution in [2.75, 3.05) is 26.2 Å². The lowest BCUT2D eigenvalue weighted by Crippen LogP contribution is -2.48. The van der Waals surface area contributed by atoms with Crippen LogP contribution in [0.5, 0.6) is 0 Å². The van der Waals surface area contributed by atoms with Gasteiger partial charge in [-0.2, -0.15) is 0 Å². The molecule has 112 valence electrons.